The minimum absolute atomic E-state index is 0.320. The number of nitrogens with one attached hydrogen (secondary N) is 2. The van der Waals surface area contributed by atoms with Gasteiger partial charge in [0.1, 0.15) is 0 Å². The summed E-state index contributed by atoms with van der Waals surface area (Å²) < 4.78 is 18.9. The van der Waals surface area contributed by atoms with Crippen molar-refractivity contribution in [1.29, 1.82) is 4.78 Å². The summed E-state index contributed by atoms with van der Waals surface area (Å²) in [6.07, 6.45) is 2.41. The molecule has 1 aromatic rings. The van der Waals surface area contributed by atoms with Gasteiger partial charge in [0.05, 0.1) is 21.1 Å². The maximum Gasteiger partial charge on any atom is 0.247 e. The van der Waals surface area contributed by atoms with Crippen molar-refractivity contribution in [3.63, 3.8) is 0 Å². The highest BCUT2D eigenvalue weighted by molar-refractivity contribution is 7.91. The number of amides is 1. The largest absolute Gasteiger partial charge is 0.397 e. The molecular formula is C10H13N3O2S. The van der Waals surface area contributed by atoms with Crippen molar-refractivity contribution in [3.05, 3.63) is 30.9 Å². The van der Waals surface area contributed by atoms with E-state index in [4.69, 9.17) is 10.5 Å². The second-order valence-corrected chi connectivity index (χ2v) is 5.44. The fraction of sp³-hybridized carbons (Fsp3) is 0.100. The number of hydrogen-bond donors (Lipinski definition) is 3. The fourth-order valence-corrected chi connectivity index (χ4v) is 1.74. The van der Waals surface area contributed by atoms with Crippen LogP contribution in [0.5, 0.6) is 0 Å². The minimum Gasteiger partial charge on any atom is -0.397 e. The Bertz CT molecular complexity index is 535. The Morgan fingerprint density at radius 3 is 2.75 bits per heavy atom. The number of carbonyl (C=O) groups excluding carboxylic acids is 1. The molecule has 0 aromatic heterocycles. The summed E-state index contributed by atoms with van der Waals surface area (Å²) in [5.74, 6) is -0.406. The molecule has 16 heavy (non-hydrogen) atoms. The van der Waals surface area contributed by atoms with Crippen molar-refractivity contribution in [2.24, 2.45) is 0 Å². The molecule has 86 valence electrons. The van der Waals surface area contributed by atoms with Crippen LogP contribution in [0.2, 0.25) is 0 Å². The SMILES string of the molecule is C=CC(=O)Nc1cc(S(C)(=N)=O)ccc1N. The van der Waals surface area contributed by atoms with Gasteiger partial charge >= 0.3 is 0 Å². The third-order valence-electron chi connectivity index (χ3n) is 1.92. The van der Waals surface area contributed by atoms with Gasteiger partial charge in [-0.2, -0.15) is 0 Å². The normalized spacial score (nSPS) is 13.8. The van der Waals surface area contributed by atoms with E-state index >= 15 is 0 Å². The van der Waals surface area contributed by atoms with Gasteiger partial charge in [0.25, 0.3) is 0 Å². The topological polar surface area (TPSA) is 96.0 Å². The van der Waals surface area contributed by atoms with Crippen molar-refractivity contribution < 1.29 is 9.00 Å². The molecule has 0 bridgehead atoms. The highest BCUT2D eigenvalue weighted by Crippen LogP contribution is 2.22. The van der Waals surface area contributed by atoms with Gasteiger partial charge in [-0.15, -0.1) is 0 Å². The Balaban J connectivity index is 3.19. The zero-order valence-electron chi connectivity index (χ0n) is 8.82. The lowest BCUT2D eigenvalue weighted by atomic mass is 10.2. The Hall–Kier alpha value is -1.82. The quantitative estimate of drug-likeness (QED) is 0.550. The summed E-state index contributed by atoms with van der Waals surface area (Å²) in [6, 6.07) is 4.45. The van der Waals surface area contributed by atoms with Crippen molar-refractivity contribution in [1.82, 2.24) is 0 Å². The van der Waals surface area contributed by atoms with Crippen molar-refractivity contribution in [2.45, 2.75) is 4.90 Å². The van der Waals surface area contributed by atoms with Crippen LogP contribution in [0.15, 0.2) is 35.7 Å². The summed E-state index contributed by atoms with van der Waals surface area (Å²) in [5.41, 5.74) is 6.32. The predicted octanol–water partition coefficient (Wildman–Crippen LogP) is 1.43. The van der Waals surface area contributed by atoms with E-state index in [0.29, 0.717) is 16.3 Å². The first-order valence-corrected chi connectivity index (χ1v) is 6.38. The van der Waals surface area contributed by atoms with E-state index in [-0.39, 0.29) is 0 Å². The van der Waals surface area contributed by atoms with Crippen LogP contribution < -0.4 is 11.1 Å². The number of benzene rings is 1. The molecule has 1 rings (SSSR count). The molecule has 0 heterocycles. The van der Waals surface area contributed by atoms with Gasteiger partial charge in [-0.1, -0.05) is 6.58 Å². The molecule has 0 saturated heterocycles. The van der Waals surface area contributed by atoms with Crippen LogP contribution in [0.4, 0.5) is 11.4 Å². The van der Waals surface area contributed by atoms with Crippen LogP contribution in [-0.4, -0.2) is 16.4 Å². The molecule has 0 saturated carbocycles. The van der Waals surface area contributed by atoms with Crippen LogP contribution in [0.3, 0.4) is 0 Å². The third kappa shape index (κ3) is 2.83. The van der Waals surface area contributed by atoms with Gasteiger partial charge in [-0.05, 0) is 24.3 Å². The van der Waals surface area contributed by atoms with Crippen molar-refractivity contribution >= 4 is 27.0 Å². The van der Waals surface area contributed by atoms with Gasteiger partial charge < -0.3 is 11.1 Å². The zero-order chi connectivity index (χ0) is 12.3. The van der Waals surface area contributed by atoms with E-state index in [1.54, 1.807) is 0 Å². The minimum atomic E-state index is -2.82. The number of carbonyl (C=O) groups is 1. The molecule has 1 unspecified atom stereocenters. The molecular weight excluding hydrogens is 226 g/mol. The van der Waals surface area contributed by atoms with E-state index in [2.05, 4.69) is 11.9 Å². The third-order valence-corrected chi connectivity index (χ3v) is 3.07. The predicted molar refractivity (Wildman–Crippen MR) is 64.7 cm³/mol. The van der Waals surface area contributed by atoms with Crippen LogP contribution in [0, 0.1) is 4.78 Å². The molecule has 5 nitrogen and oxygen atoms in total. The zero-order valence-corrected chi connectivity index (χ0v) is 9.64. The van der Waals surface area contributed by atoms with Gasteiger partial charge in [0.2, 0.25) is 5.91 Å². The lowest BCUT2D eigenvalue weighted by Gasteiger charge is -2.09. The smallest absolute Gasteiger partial charge is 0.247 e. The maximum atomic E-state index is 11.5. The average Bonchev–Trinajstić information content (AvgIpc) is 2.19. The summed E-state index contributed by atoms with van der Waals surface area (Å²) in [5, 5.41) is 2.48. The standard InChI is InChI=1S/C10H13N3O2S/c1-3-10(14)13-9-6-7(16(2,12)15)4-5-8(9)11/h3-6,12H,1,11H2,2H3,(H,13,14). The summed E-state index contributed by atoms with van der Waals surface area (Å²) in [7, 11) is -2.82. The Morgan fingerprint density at radius 1 is 1.62 bits per heavy atom. The Labute approximate surface area is 94.3 Å². The fourth-order valence-electron chi connectivity index (χ4n) is 1.07. The highest BCUT2D eigenvalue weighted by Gasteiger charge is 2.08. The number of nitrogens with two attached hydrogens (primary N) is 1. The molecule has 1 atom stereocenters. The second-order valence-electron chi connectivity index (χ2n) is 3.29. The van der Waals surface area contributed by atoms with Crippen LogP contribution in [-0.2, 0) is 14.5 Å². The van der Waals surface area contributed by atoms with Gasteiger partial charge in [-0.25, -0.2) is 8.99 Å². The first-order chi connectivity index (χ1) is 7.34. The highest BCUT2D eigenvalue weighted by atomic mass is 32.2. The van der Waals surface area contributed by atoms with Gasteiger partial charge in [-0.3, -0.25) is 4.79 Å². The second kappa shape index (κ2) is 4.36. The number of hydrogen-bond acceptors (Lipinski definition) is 4. The molecule has 1 amide bonds. The molecule has 0 spiro atoms. The lowest BCUT2D eigenvalue weighted by Crippen LogP contribution is -2.10. The Kier molecular flexibility index (Phi) is 3.34. The average molecular weight is 239 g/mol. The van der Waals surface area contributed by atoms with Gasteiger partial charge in [0, 0.05) is 11.2 Å². The molecule has 6 heteroatoms. The first-order valence-electron chi connectivity index (χ1n) is 4.41. The molecule has 1 aromatic carbocycles. The molecule has 0 aliphatic heterocycles. The van der Waals surface area contributed by atoms with E-state index in [1.165, 1.54) is 24.5 Å². The summed E-state index contributed by atoms with van der Waals surface area (Å²) >= 11 is 0. The van der Waals surface area contributed by atoms with E-state index in [0.717, 1.165) is 6.08 Å². The van der Waals surface area contributed by atoms with Crippen molar-refractivity contribution in [3.8, 4) is 0 Å². The maximum absolute atomic E-state index is 11.5. The van der Waals surface area contributed by atoms with Gasteiger partial charge in [0.15, 0.2) is 0 Å². The summed E-state index contributed by atoms with van der Waals surface area (Å²) in [6.45, 7) is 3.31. The Morgan fingerprint density at radius 2 is 2.25 bits per heavy atom. The summed E-state index contributed by atoms with van der Waals surface area (Å²) in [4.78, 5) is 11.4. The number of anilines is 2. The molecule has 0 fully saturated rings. The molecule has 0 aliphatic carbocycles. The number of nitrogen functional groups attached to an aromatic ring is 1. The van der Waals surface area contributed by atoms with Crippen molar-refractivity contribution in [2.75, 3.05) is 17.3 Å². The molecule has 0 aliphatic rings. The monoisotopic (exact) mass is 239 g/mol. The molecule has 4 N–H and O–H groups in total. The van der Waals surface area contributed by atoms with E-state index < -0.39 is 15.6 Å². The van der Waals surface area contributed by atoms with Crippen LogP contribution >= 0.6 is 0 Å². The van der Waals surface area contributed by atoms with Crippen LogP contribution in [0.25, 0.3) is 0 Å². The van der Waals surface area contributed by atoms with E-state index in [1.807, 2.05) is 0 Å². The first kappa shape index (κ1) is 12.3. The van der Waals surface area contributed by atoms with Crippen LogP contribution in [0.1, 0.15) is 0 Å². The molecule has 0 radical (unpaired) electrons. The van der Waals surface area contributed by atoms with E-state index in [9.17, 15) is 9.00 Å². The number of rotatable bonds is 3. The lowest BCUT2D eigenvalue weighted by molar-refractivity contribution is -0.111.